The second-order valence-corrected chi connectivity index (χ2v) is 9.16. The first kappa shape index (κ1) is 16.1. The van der Waals surface area contributed by atoms with Crippen LogP contribution in [0.2, 0.25) is 0 Å². The third-order valence-corrected chi connectivity index (χ3v) is 7.03. The number of nitrogens with zero attached hydrogens (tertiary/aromatic N) is 2. The van der Waals surface area contributed by atoms with Crippen molar-refractivity contribution in [3.63, 3.8) is 0 Å². The van der Waals surface area contributed by atoms with Crippen LogP contribution in [0.4, 0.5) is 5.69 Å². The highest BCUT2D eigenvalue weighted by Crippen LogP contribution is 2.28. The van der Waals surface area contributed by atoms with Crippen molar-refractivity contribution in [3.8, 4) is 0 Å². The molecule has 0 aliphatic carbocycles. The molecule has 0 fully saturated rings. The zero-order valence-corrected chi connectivity index (χ0v) is 15.0. The first-order chi connectivity index (χ1) is 10.9. The van der Waals surface area contributed by atoms with E-state index in [1.54, 1.807) is 30.5 Å². The van der Waals surface area contributed by atoms with Crippen molar-refractivity contribution in [2.24, 2.45) is 7.05 Å². The van der Waals surface area contributed by atoms with Crippen molar-refractivity contribution >= 4 is 38.8 Å². The predicted molar refractivity (Wildman–Crippen MR) is 93.6 cm³/mol. The van der Waals surface area contributed by atoms with Gasteiger partial charge < -0.3 is 4.57 Å². The Labute approximate surface area is 143 Å². The van der Waals surface area contributed by atoms with Crippen LogP contribution < -0.4 is 4.72 Å². The van der Waals surface area contributed by atoms with Crippen LogP contribution in [0.1, 0.15) is 4.88 Å². The van der Waals surface area contributed by atoms with E-state index < -0.39 is 10.0 Å². The molecule has 2 aromatic heterocycles. The van der Waals surface area contributed by atoms with Gasteiger partial charge in [-0.15, -0.1) is 11.3 Å². The maximum absolute atomic E-state index is 12.3. The molecule has 0 atom stereocenters. The molecule has 8 heteroatoms. The molecular weight excluding hydrogens is 350 g/mol. The largest absolute Gasteiger partial charge is 0.329 e. The summed E-state index contributed by atoms with van der Waals surface area (Å²) in [4.78, 5) is 6.21. The Morgan fingerprint density at radius 2 is 1.91 bits per heavy atom. The molecule has 3 aromatic rings. The van der Waals surface area contributed by atoms with Crippen molar-refractivity contribution < 1.29 is 8.42 Å². The molecule has 0 unspecified atom stereocenters. The molecule has 0 aliphatic heterocycles. The number of benzene rings is 1. The lowest BCUT2D eigenvalue weighted by Gasteiger charge is -2.07. The average molecular weight is 366 g/mol. The standard InChI is InChI=1S/C15H15N3O2S3/c1-11-3-8-14(21-11)23(19,20)17-12-4-6-13(7-5-12)22-15-16-9-10-18(15)2/h3-10,17H,1-2H3. The van der Waals surface area contributed by atoms with Crippen LogP contribution in [-0.2, 0) is 17.1 Å². The Hall–Kier alpha value is -1.77. The number of thiophene rings is 1. The minimum atomic E-state index is -3.52. The molecule has 1 aromatic carbocycles. The van der Waals surface area contributed by atoms with Crippen molar-refractivity contribution in [1.29, 1.82) is 0 Å². The van der Waals surface area contributed by atoms with E-state index in [0.29, 0.717) is 9.90 Å². The predicted octanol–water partition coefficient (Wildman–Crippen LogP) is 3.74. The molecule has 0 bridgehead atoms. The van der Waals surface area contributed by atoms with Gasteiger partial charge in [0.15, 0.2) is 5.16 Å². The van der Waals surface area contributed by atoms with Crippen LogP contribution in [0.5, 0.6) is 0 Å². The Kier molecular flexibility index (Phi) is 4.47. The Balaban J connectivity index is 1.74. The molecule has 2 heterocycles. The van der Waals surface area contributed by atoms with E-state index in [4.69, 9.17) is 0 Å². The zero-order chi connectivity index (χ0) is 16.4. The van der Waals surface area contributed by atoms with Crippen molar-refractivity contribution in [2.75, 3.05) is 4.72 Å². The average Bonchev–Trinajstić information content (AvgIpc) is 3.11. The summed E-state index contributed by atoms with van der Waals surface area (Å²) < 4.78 is 29.4. The monoisotopic (exact) mass is 365 g/mol. The highest BCUT2D eigenvalue weighted by atomic mass is 32.2. The van der Waals surface area contributed by atoms with Crippen LogP contribution in [0, 0.1) is 6.92 Å². The van der Waals surface area contributed by atoms with Gasteiger partial charge in [0.05, 0.1) is 0 Å². The van der Waals surface area contributed by atoms with Gasteiger partial charge in [0.2, 0.25) is 0 Å². The molecule has 120 valence electrons. The number of hydrogen-bond acceptors (Lipinski definition) is 5. The third kappa shape index (κ3) is 3.77. The van der Waals surface area contributed by atoms with E-state index in [1.807, 2.05) is 36.9 Å². The van der Waals surface area contributed by atoms with Gasteiger partial charge in [-0.3, -0.25) is 4.72 Å². The van der Waals surface area contributed by atoms with Gasteiger partial charge in [0, 0.05) is 34.9 Å². The fraction of sp³-hybridized carbons (Fsp3) is 0.133. The van der Waals surface area contributed by atoms with Gasteiger partial charge in [-0.25, -0.2) is 13.4 Å². The lowest BCUT2D eigenvalue weighted by molar-refractivity contribution is 0.603. The topological polar surface area (TPSA) is 64.0 Å². The number of sulfonamides is 1. The van der Waals surface area contributed by atoms with Crippen molar-refractivity contribution in [1.82, 2.24) is 9.55 Å². The minimum Gasteiger partial charge on any atom is -0.329 e. The van der Waals surface area contributed by atoms with Gasteiger partial charge in [-0.2, -0.15) is 0 Å². The summed E-state index contributed by atoms with van der Waals surface area (Å²) in [7, 11) is -1.59. The minimum absolute atomic E-state index is 0.321. The summed E-state index contributed by atoms with van der Waals surface area (Å²) >= 11 is 2.78. The Bertz CT molecular complexity index is 912. The second-order valence-electron chi connectivity index (χ2n) is 4.92. The fourth-order valence-electron chi connectivity index (χ4n) is 1.91. The second kappa shape index (κ2) is 6.38. The molecule has 0 saturated carbocycles. The number of hydrogen-bond donors (Lipinski definition) is 1. The van der Waals surface area contributed by atoms with E-state index in [-0.39, 0.29) is 0 Å². The van der Waals surface area contributed by atoms with E-state index >= 15 is 0 Å². The smallest absolute Gasteiger partial charge is 0.271 e. The highest BCUT2D eigenvalue weighted by Gasteiger charge is 2.16. The highest BCUT2D eigenvalue weighted by molar-refractivity contribution is 7.99. The molecule has 1 N–H and O–H groups in total. The number of aromatic nitrogens is 2. The molecular formula is C15H15N3O2S3. The van der Waals surface area contributed by atoms with Crippen LogP contribution >= 0.6 is 23.1 Å². The molecule has 0 aliphatic rings. The van der Waals surface area contributed by atoms with Crippen molar-refractivity contribution in [3.05, 3.63) is 53.7 Å². The quantitative estimate of drug-likeness (QED) is 0.748. The summed E-state index contributed by atoms with van der Waals surface area (Å²) in [6.07, 6.45) is 3.63. The Morgan fingerprint density at radius 3 is 2.48 bits per heavy atom. The Morgan fingerprint density at radius 1 is 1.17 bits per heavy atom. The van der Waals surface area contributed by atoms with E-state index in [0.717, 1.165) is 14.9 Å². The molecule has 3 rings (SSSR count). The summed E-state index contributed by atoms with van der Waals surface area (Å²) in [5, 5.41) is 0.882. The first-order valence-corrected chi connectivity index (χ1v) is 9.90. The third-order valence-electron chi connectivity index (χ3n) is 3.07. The molecule has 23 heavy (non-hydrogen) atoms. The summed E-state index contributed by atoms with van der Waals surface area (Å²) in [5.74, 6) is 0. The van der Waals surface area contributed by atoms with Gasteiger partial charge in [-0.1, -0.05) is 11.8 Å². The lowest BCUT2D eigenvalue weighted by atomic mass is 10.3. The maximum Gasteiger partial charge on any atom is 0.271 e. The molecule has 0 radical (unpaired) electrons. The van der Waals surface area contributed by atoms with E-state index in [9.17, 15) is 8.42 Å². The molecule has 5 nitrogen and oxygen atoms in total. The number of imidazole rings is 1. The van der Waals surface area contributed by atoms with Crippen LogP contribution in [0.3, 0.4) is 0 Å². The number of aryl methyl sites for hydroxylation is 2. The van der Waals surface area contributed by atoms with Crippen LogP contribution in [-0.4, -0.2) is 18.0 Å². The summed E-state index contributed by atoms with van der Waals surface area (Å²) in [6, 6.07) is 10.7. The summed E-state index contributed by atoms with van der Waals surface area (Å²) in [5.41, 5.74) is 0.542. The SMILES string of the molecule is Cc1ccc(S(=O)(=O)Nc2ccc(Sc3nccn3C)cc2)s1. The lowest BCUT2D eigenvalue weighted by Crippen LogP contribution is -2.11. The zero-order valence-electron chi connectivity index (χ0n) is 12.6. The maximum atomic E-state index is 12.3. The molecule has 0 amide bonds. The number of nitrogens with one attached hydrogen (secondary N) is 1. The molecule has 0 spiro atoms. The molecule has 0 saturated heterocycles. The van der Waals surface area contributed by atoms with Crippen LogP contribution in [0.15, 0.2) is 63.1 Å². The normalized spacial score (nSPS) is 11.6. The van der Waals surface area contributed by atoms with Crippen LogP contribution in [0.25, 0.3) is 0 Å². The van der Waals surface area contributed by atoms with Gasteiger partial charge in [0.25, 0.3) is 10.0 Å². The fourth-order valence-corrected chi connectivity index (χ4v) is 5.05. The van der Waals surface area contributed by atoms with Gasteiger partial charge >= 0.3 is 0 Å². The van der Waals surface area contributed by atoms with E-state index in [2.05, 4.69) is 9.71 Å². The van der Waals surface area contributed by atoms with Crippen molar-refractivity contribution in [2.45, 2.75) is 21.2 Å². The first-order valence-electron chi connectivity index (χ1n) is 6.78. The van der Waals surface area contributed by atoms with E-state index in [1.165, 1.54) is 23.1 Å². The van der Waals surface area contributed by atoms with Gasteiger partial charge in [-0.05, 0) is 43.3 Å². The number of rotatable bonds is 5. The summed E-state index contributed by atoms with van der Waals surface area (Å²) in [6.45, 7) is 1.88. The van der Waals surface area contributed by atoms with Gasteiger partial charge in [0.1, 0.15) is 4.21 Å². The number of anilines is 1.